The lowest BCUT2D eigenvalue weighted by molar-refractivity contribution is 0.0757. The molecule has 134 valence electrons. The summed E-state index contributed by atoms with van der Waals surface area (Å²) in [6.07, 6.45) is 3.01. The number of amides is 1. The van der Waals surface area contributed by atoms with Gasteiger partial charge in [-0.1, -0.05) is 6.92 Å². The fraction of sp³-hybridized carbons (Fsp3) is 0.529. The topological polar surface area (TPSA) is 82.2 Å². The van der Waals surface area contributed by atoms with E-state index in [1.165, 1.54) is 11.3 Å². The average Bonchev–Trinajstić information content (AvgIpc) is 2.93. The number of carbonyl (C=O) groups is 1. The summed E-state index contributed by atoms with van der Waals surface area (Å²) in [5.41, 5.74) is 1.87. The molecule has 3 rings (SSSR count). The molecule has 3 heterocycles. The van der Waals surface area contributed by atoms with Crippen LogP contribution in [0.25, 0.3) is 0 Å². The zero-order valence-electron chi connectivity index (χ0n) is 14.8. The molecule has 2 aromatic rings. The van der Waals surface area contributed by atoms with Crippen LogP contribution < -0.4 is 10.5 Å². The van der Waals surface area contributed by atoms with E-state index in [0.29, 0.717) is 43.1 Å². The van der Waals surface area contributed by atoms with Crippen molar-refractivity contribution in [3.63, 3.8) is 0 Å². The van der Waals surface area contributed by atoms with Crippen LogP contribution in [0.1, 0.15) is 40.1 Å². The molecule has 0 radical (unpaired) electrons. The highest BCUT2D eigenvalue weighted by Gasteiger charge is 2.24. The maximum Gasteiger partial charge on any atom is 0.273 e. The Hall–Kier alpha value is -2.22. The Labute approximate surface area is 150 Å². The van der Waals surface area contributed by atoms with Crippen molar-refractivity contribution in [1.29, 1.82) is 0 Å². The van der Waals surface area contributed by atoms with E-state index < -0.39 is 0 Å². The predicted molar refractivity (Wildman–Crippen MR) is 98.6 cm³/mol. The number of aromatic amines is 1. The molecular formula is C17H23N5O2S. The minimum absolute atomic E-state index is 0.0596. The van der Waals surface area contributed by atoms with E-state index in [9.17, 15) is 9.59 Å². The first-order valence-electron chi connectivity index (χ1n) is 8.52. The first-order chi connectivity index (χ1) is 12.0. The van der Waals surface area contributed by atoms with Gasteiger partial charge in [0.2, 0.25) is 5.95 Å². The quantitative estimate of drug-likeness (QED) is 0.892. The zero-order valence-corrected chi connectivity index (χ0v) is 15.7. The van der Waals surface area contributed by atoms with Crippen LogP contribution in [0.5, 0.6) is 0 Å². The number of aromatic nitrogens is 3. The van der Waals surface area contributed by atoms with Gasteiger partial charge in [-0.2, -0.15) is 0 Å². The molecule has 0 aromatic carbocycles. The molecule has 1 aliphatic heterocycles. The van der Waals surface area contributed by atoms with Crippen LogP contribution in [-0.4, -0.2) is 52.9 Å². The van der Waals surface area contributed by atoms with Crippen molar-refractivity contribution in [3.8, 4) is 0 Å². The molecule has 0 fully saturated rings. The van der Waals surface area contributed by atoms with E-state index in [1.54, 1.807) is 9.80 Å². The van der Waals surface area contributed by atoms with Gasteiger partial charge in [-0.3, -0.25) is 14.6 Å². The Balaban J connectivity index is 1.78. The summed E-state index contributed by atoms with van der Waals surface area (Å²) in [7, 11) is 3.68. The van der Waals surface area contributed by atoms with Crippen molar-refractivity contribution in [1.82, 2.24) is 19.9 Å². The van der Waals surface area contributed by atoms with Crippen molar-refractivity contribution in [2.24, 2.45) is 0 Å². The lowest BCUT2D eigenvalue weighted by atomic mass is 10.1. The third kappa shape index (κ3) is 3.73. The zero-order chi connectivity index (χ0) is 18.0. The van der Waals surface area contributed by atoms with E-state index in [1.807, 2.05) is 19.5 Å². The van der Waals surface area contributed by atoms with Crippen LogP contribution in [0, 0.1) is 0 Å². The summed E-state index contributed by atoms with van der Waals surface area (Å²) in [6, 6.07) is 0. The van der Waals surface area contributed by atoms with Crippen molar-refractivity contribution in [2.75, 3.05) is 32.1 Å². The van der Waals surface area contributed by atoms with E-state index >= 15 is 0 Å². The normalized spacial score (nSPS) is 14.1. The van der Waals surface area contributed by atoms with Gasteiger partial charge in [0.1, 0.15) is 5.69 Å². The molecule has 0 aliphatic carbocycles. The van der Waals surface area contributed by atoms with E-state index in [2.05, 4.69) is 21.9 Å². The third-order valence-electron chi connectivity index (χ3n) is 4.28. The Morgan fingerprint density at radius 3 is 2.80 bits per heavy atom. The largest absolute Gasteiger partial charge is 0.348 e. The van der Waals surface area contributed by atoms with Gasteiger partial charge in [0.25, 0.3) is 11.5 Å². The van der Waals surface area contributed by atoms with Crippen molar-refractivity contribution in [2.45, 2.75) is 32.6 Å². The molecule has 2 aromatic heterocycles. The number of hydrogen-bond donors (Lipinski definition) is 1. The fourth-order valence-corrected chi connectivity index (χ4v) is 3.78. The third-order valence-corrected chi connectivity index (χ3v) is 5.19. The molecular weight excluding hydrogens is 338 g/mol. The molecule has 8 heteroatoms. The summed E-state index contributed by atoms with van der Waals surface area (Å²) in [5.74, 6) is 0.489. The molecule has 1 N–H and O–H groups in total. The number of hydrogen-bond acceptors (Lipinski definition) is 6. The first kappa shape index (κ1) is 17.6. The van der Waals surface area contributed by atoms with Crippen molar-refractivity contribution >= 4 is 23.2 Å². The van der Waals surface area contributed by atoms with E-state index in [-0.39, 0.29) is 11.5 Å². The molecule has 1 amide bonds. The van der Waals surface area contributed by atoms with Crippen LogP contribution >= 0.6 is 11.3 Å². The standard InChI is InChI=1S/C17H23N5O2S/c1-4-5-14-18-13(10-25-14)16(24)22-8-6-11-12(7-9-22)19-17(21(2)3)20-15(11)23/h10H,4-9H2,1-3H3,(H,19,20,23). The van der Waals surface area contributed by atoms with E-state index in [0.717, 1.165) is 23.5 Å². The molecule has 0 spiro atoms. The van der Waals surface area contributed by atoms with Gasteiger partial charge in [-0.05, 0) is 19.3 Å². The summed E-state index contributed by atoms with van der Waals surface area (Å²) in [4.78, 5) is 40.4. The average molecular weight is 361 g/mol. The van der Waals surface area contributed by atoms with Gasteiger partial charge in [0, 0.05) is 44.5 Å². The van der Waals surface area contributed by atoms with Gasteiger partial charge in [0.15, 0.2) is 0 Å². The van der Waals surface area contributed by atoms with Gasteiger partial charge in [0.05, 0.1) is 10.7 Å². The number of carbonyl (C=O) groups excluding carboxylic acids is 1. The second kappa shape index (κ2) is 7.35. The lowest BCUT2D eigenvalue weighted by Crippen LogP contribution is -2.33. The van der Waals surface area contributed by atoms with Crippen LogP contribution in [0.4, 0.5) is 5.95 Å². The summed E-state index contributed by atoms with van der Waals surface area (Å²) < 4.78 is 0. The second-order valence-corrected chi connectivity index (χ2v) is 7.32. The minimum atomic E-state index is -0.109. The Bertz CT molecular complexity index is 827. The van der Waals surface area contributed by atoms with Crippen molar-refractivity contribution < 1.29 is 4.79 Å². The molecule has 0 saturated carbocycles. The Kier molecular flexibility index (Phi) is 5.17. The molecule has 0 bridgehead atoms. The van der Waals surface area contributed by atoms with Crippen molar-refractivity contribution in [3.05, 3.63) is 37.7 Å². The maximum absolute atomic E-state index is 12.7. The lowest BCUT2D eigenvalue weighted by Gasteiger charge is -2.18. The molecule has 1 aliphatic rings. The smallest absolute Gasteiger partial charge is 0.273 e. The maximum atomic E-state index is 12.7. The molecule has 0 saturated heterocycles. The summed E-state index contributed by atoms with van der Waals surface area (Å²) in [6.45, 7) is 3.16. The number of H-pyrrole nitrogens is 1. The van der Waals surface area contributed by atoms with Crippen LogP contribution in [0.3, 0.4) is 0 Å². The number of rotatable bonds is 4. The fourth-order valence-electron chi connectivity index (χ4n) is 2.91. The van der Waals surface area contributed by atoms with Crippen LogP contribution in [0.2, 0.25) is 0 Å². The highest BCUT2D eigenvalue weighted by molar-refractivity contribution is 7.09. The predicted octanol–water partition coefficient (Wildman–Crippen LogP) is 1.49. The number of nitrogens with zero attached hydrogens (tertiary/aromatic N) is 4. The second-order valence-electron chi connectivity index (χ2n) is 6.38. The summed E-state index contributed by atoms with van der Waals surface area (Å²) >= 11 is 1.54. The highest BCUT2D eigenvalue weighted by atomic mass is 32.1. The Morgan fingerprint density at radius 2 is 2.08 bits per heavy atom. The molecule has 7 nitrogen and oxygen atoms in total. The van der Waals surface area contributed by atoms with Gasteiger partial charge in [-0.15, -0.1) is 11.3 Å². The minimum Gasteiger partial charge on any atom is -0.348 e. The molecule has 0 atom stereocenters. The molecule has 0 unspecified atom stereocenters. The summed E-state index contributed by atoms with van der Waals surface area (Å²) in [5, 5.41) is 2.83. The SMILES string of the molecule is CCCc1nc(C(=O)N2CCc3nc(N(C)C)[nH]c(=O)c3CC2)cs1. The van der Waals surface area contributed by atoms with Gasteiger partial charge < -0.3 is 9.80 Å². The highest BCUT2D eigenvalue weighted by Crippen LogP contribution is 2.17. The Morgan fingerprint density at radius 1 is 1.32 bits per heavy atom. The van der Waals surface area contributed by atoms with Gasteiger partial charge >= 0.3 is 0 Å². The molecule has 25 heavy (non-hydrogen) atoms. The monoisotopic (exact) mass is 361 g/mol. The van der Waals surface area contributed by atoms with Crippen LogP contribution in [0.15, 0.2) is 10.2 Å². The number of aryl methyl sites for hydroxylation is 1. The number of anilines is 1. The number of thiazole rings is 1. The number of nitrogens with one attached hydrogen (secondary N) is 1. The van der Waals surface area contributed by atoms with Gasteiger partial charge in [-0.25, -0.2) is 9.97 Å². The first-order valence-corrected chi connectivity index (χ1v) is 9.40. The number of fused-ring (bicyclic) bond motifs is 1. The van der Waals surface area contributed by atoms with E-state index in [4.69, 9.17) is 0 Å². The van der Waals surface area contributed by atoms with Crippen LogP contribution in [-0.2, 0) is 19.3 Å².